The van der Waals surface area contributed by atoms with Crippen LogP contribution >= 0.6 is 27.3 Å². The third-order valence-corrected chi connectivity index (χ3v) is 9.60. The number of thiazole rings is 1. The van der Waals surface area contributed by atoms with Gasteiger partial charge < -0.3 is 4.43 Å². The first-order valence-electron chi connectivity index (χ1n) is 5.39. The Morgan fingerprint density at radius 3 is 2.31 bits per heavy atom. The zero-order chi connectivity index (χ0) is 12.6. The molecule has 0 fully saturated rings. The van der Waals surface area contributed by atoms with Crippen molar-refractivity contribution in [1.29, 1.82) is 0 Å². The van der Waals surface area contributed by atoms with Crippen molar-refractivity contribution >= 4 is 35.6 Å². The Morgan fingerprint density at radius 2 is 1.94 bits per heavy atom. The van der Waals surface area contributed by atoms with E-state index in [2.05, 4.69) is 54.8 Å². The van der Waals surface area contributed by atoms with Crippen LogP contribution < -0.4 is 0 Å². The number of aromatic nitrogens is 1. The molecule has 0 amide bonds. The molecule has 1 heterocycles. The largest absolute Gasteiger partial charge is 0.410 e. The van der Waals surface area contributed by atoms with E-state index in [9.17, 15) is 0 Å². The van der Waals surface area contributed by atoms with Crippen molar-refractivity contribution in [2.45, 2.75) is 52.4 Å². The van der Waals surface area contributed by atoms with Gasteiger partial charge in [-0.05, 0) is 41.0 Å². The van der Waals surface area contributed by atoms with Gasteiger partial charge in [0.15, 0.2) is 8.32 Å². The molecule has 1 rings (SSSR count). The van der Waals surface area contributed by atoms with Crippen LogP contribution in [0.25, 0.3) is 0 Å². The van der Waals surface area contributed by atoms with Crippen LogP contribution in [0.5, 0.6) is 0 Å². The summed E-state index contributed by atoms with van der Waals surface area (Å²) in [5.41, 5.74) is 1.05. The van der Waals surface area contributed by atoms with Gasteiger partial charge in [-0.15, -0.1) is 11.3 Å². The standard InChI is InChI=1S/C11H20BrNOSSi/c1-8-10(12)15-9(13-8)7-14-16(5,6)11(2,3)4/h7H2,1-6H3. The molecule has 0 N–H and O–H groups in total. The fourth-order valence-electron chi connectivity index (χ4n) is 0.952. The van der Waals surface area contributed by atoms with E-state index in [-0.39, 0.29) is 5.04 Å². The van der Waals surface area contributed by atoms with Crippen molar-refractivity contribution in [3.63, 3.8) is 0 Å². The highest BCUT2D eigenvalue weighted by atomic mass is 79.9. The summed E-state index contributed by atoms with van der Waals surface area (Å²) in [4.78, 5) is 4.46. The van der Waals surface area contributed by atoms with Gasteiger partial charge in [-0.1, -0.05) is 20.8 Å². The molecule has 0 radical (unpaired) electrons. The predicted molar refractivity (Wildman–Crippen MR) is 76.5 cm³/mol. The van der Waals surface area contributed by atoms with Gasteiger partial charge in [0.25, 0.3) is 0 Å². The summed E-state index contributed by atoms with van der Waals surface area (Å²) in [5.74, 6) is 0. The molecular weight excluding hydrogens is 302 g/mol. The maximum absolute atomic E-state index is 6.11. The van der Waals surface area contributed by atoms with Crippen LogP contribution in [0.1, 0.15) is 31.5 Å². The molecule has 0 saturated carbocycles. The molecule has 1 aromatic heterocycles. The van der Waals surface area contributed by atoms with Gasteiger partial charge in [-0.3, -0.25) is 0 Å². The topological polar surface area (TPSA) is 22.1 Å². The number of aryl methyl sites for hydroxylation is 1. The highest BCUT2D eigenvalue weighted by molar-refractivity contribution is 9.11. The minimum absolute atomic E-state index is 0.260. The van der Waals surface area contributed by atoms with Crippen molar-refractivity contribution < 1.29 is 4.43 Å². The molecule has 0 aromatic carbocycles. The fourth-order valence-corrected chi connectivity index (χ4v) is 3.34. The Labute approximate surface area is 112 Å². The van der Waals surface area contributed by atoms with E-state index in [1.54, 1.807) is 11.3 Å². The van der Waals surface area contributed by atoms with Crippen molar-refractivity contribution in [3.8, 4) is 0 Å². The molecule has 0 aliphatic rings. The smallest absolute Gasteiger partial charge is 0.192 e. The SMILES string of the molecule is Cc1nc(CO[Si](C)(C)C(C)(C)C)sc1Br. The third-order valence-electron chi connectivity index (χ3n) is 3.15. The molecule has 0 saturated heterocycles. The number of rotatable bonds is 3. The predicted octanol–water partition coefficient (Wildman–Crippen LogP) is 4.74. The Bertz CT molecular complexity index is 351. The average Bonchev–Trinajstić information content (AvgIpc) is 2.41. The van der Waals surface area contributed by atoms with E-state index in [1.807, 2.05) is 6.92 Å². The van der Waals surface area contributed by atoms with Crippen LogP contribution in [0.4, 0.5) is 0 Å². The lowest BCUT2D eigenvalue weighted by atomic mass is 10.2. The zero-order valence-electron chi connectivity index (χ0n) is 10.8. The summed E-state index contributed by atoms with van der Waals surface area (Å²) >= 11 is 5.16. The minimum Gasteiger partial charge on any atom is -0.410 e. The van der Waals surface area contributed by atoms with Gasteiger partial charge in [0.2, 0.25) is 0 Å². The highest BCUT2D eigenvalue weighted by Crippen LogP contribution is 2.37. The van der Waals surface area contributed by atoms with Crippen LogP contribution in [0.15, 0.2) is 3.79 Å². The molecule has 92 valence electrons. The molecule has 0 spiro atoms. The molecule has 0 unspecified atom stereocenters. The van der Waals surface area contributed by atoms with Gasteiger partial charge >= 0.3 is 0 Å². The molecule has 2 nitrogen and oxygen atoms in total. The van der Waals surface area contributed by atoms with Crippen LogP contribution in [0.2, 0.25) is 18.1 Å². The maximum atomic E-state index is 6.11. The summed E-state index contributed by atoms with van der Waals surface area (Å²) in [7, 11) is -1.64. The van der Waals surface area contributed by atoms with Gasteiger partial charge in [0, 0.05) is 0 Å². The number of hydrogen-bond donors (Lipinski definition) is 0. The summed E-state index contributed by atoms with van der Waals surface area (Å²) in [5, 5.41) is 1.32. The van der Waals surface area contributed by atoms with Crippen molar-refractivity contribution in [2.24, 2.45) is 0 Å². The summed E-state index contributed by atoms with van der Waals surface area (Å²) in [6.45, 7) is 13.9. The lowest BCUT2D eigenvalue weighted by Gasteiger charge is -2.35. The first-order chi connectivity index (χ1) is 7.13. The highest BCUT2D eigenvalue weighted by Gasteiger charge is 2.37. The summed E-state index contributed by atoms with van der Waals surface area (Å²) < 4.78 is 7.23. The number of nitrogens with zero attached hydrogens (tertiary/aromatic N) is 1. The first kappa shape index (κ1) is 14.3. The van der Waals surface area contributed by atoms with Gasteiger partial charge in [-0.25, -0.2) is 4.98 Å². The summed E-state index contributed by atoms with van der Waals surface area (Å²) in [6, 6.07) is 0. The second-order valence-corrected chi connectivity index (χ2v) is 12.7. The first-order valence-corrected chi connectivity index (χ1v) is 9.91. The lowest BCUT2D eigenvalue weighted by molar-refractivity contribution is 0.275. The Morgan fingerprint density at radius 1 is 1.38 bits per heavy atom. The zero-order valence-corrected chi connectivity index (χ0v) is 14.3. The third kappa shape index (κ3) is 3.39. The van der Waals surface area contributed by atoms with E-state index < -0.39 is 8.32 Å². The second-order valence-electron chi connectivity index (χ2n) is 5.52. The Kier molecular flexibility index (Phi) is 4.38. The van der Waals surface area contributed by atoms with E-state index in [0.717, 1.165) is 14.5 Å². The fraction of sp³-hybridized carbons (Fsp3) is 0.727. The average molecular weight is 322 g/mol. The van der Waals surface area contributed by atoms with Crippen LogP contribution in [0, 0.1) is 6.92 Å². The quantitative estimate of drug-likeness (QED) is 0.750. The maximum Gasteiger partial charge on any atom is 0.192 e. The molecule has 0 atom stereocenters. The van der Waals surface area contributed by atoms with Gasteiger partial charge in [0.1, 0.15) is 5.01 Å². The van der Waals surface area contributed by atoms with E-state index in [0.29, 0.717) is 6.61 Å². The normalized spacial score (nSPS) is 13.2. The van der Waals surface area contributed by atoms with Crippen LogP contribution in [-0.4, -0.2) is 13.3 Å². The Balaban J connectivity index is 2.65. The summed E-state index contributed by atoms with van der Waals surface area (Å²) in [6.07, 6.45) is 0. The van der Waals surface area contributed by atoms with Crippen LogP contribution in [-0.2, 0) is 11.0 Å². The Hall–Kier alpha value is 0.287. The van der Waals surface area contributed by atoms with Gasteiger partial charge in [0.05, 0.1) is 16.1 Å². The van der Waals surface area contributed by atoms with Crippen molar-refractivity contribution in [1.82, 2.24) is 4.98 Å². The minimum atomic E-state index is -1.64. The molecule has 0 aliphatic carbocycles. The molecule has 1 aromatic rings. The van der Waals surface area contributed by atoms with Crippen LogP contribution in [0.3, 0.4) is 0 Å². The van der Waals surface area contributed by atoms with E-state index in [1.165, 1.54) is 0 Å². The number of hydrogen-bond acceptors (Lipinski definition) is 3. The van der Waals surface area contributed by atoms with E-state index >= 15 is 0 Å². The van der Waals surface area contributed by atoms with E-state index in [4.69, 9.17) is 4.43 Å². The second kappa shape index (κ2) is 4.88. The molecule has 5 heteroatoms. The molecular formula is C11H20BrNOSSi. The lowest BCUT2D eigenvalue weighted by Crippen LogP contribution is -2.40. The monoisotopic (exact) mass is 321 g/mol. The number of halogens is 1. The molecule has 0 bridgehead atoms. The molecule has 16 heavy (non-hydrogen) atoms. The molecule has 0 aliphatic heterocycles. The van der Waals surface area contributed by atoms with Crippen molar-refractivity contribution in [3.05, 3.63) is 14.5 Å². The van der Waals surface area contributed by atoms with Gasteiger partial charge in [-0.2, -0.15) is 0 Å². The van der Waals surface area contributed by atoms with Crippen molar-refractivity contribution in [2.75, 3.05) is 0 Å².